The van der Waals surface area contributed by atoms with Gasteiger partial charge >= 0.3 is 6.18 Å². The third kappa shape index (κ3) is 4.29. The van der Waals surface area contributed by atoms with E-state index >= 15 is 0 Å². The van der Waals surface area contributed by atoms with Crippen molar-refractivity contribution in [3.8, 4) is 28.1 Å². The van der Waals surface area contributed by atoms with Crippen molar-refractivity contribution in [3.05, 3.63) is 123 Å². The molecule has 37 heavy (non-hydrogen) atoms. The van der Waals surface area contributed by atoms with Gasteiger partial charge in [-0.3, -0.25) is 20.2 Å². The van der Waals surface area contributed by atoms with E-state index in [-0.39, 0.29) is 22.6 Å². The van der Waals surface area contributed by atoms with Gasteiger partial charge in [-0.1, -0.05) is 36.4 Å². The van der Waals surface area contributed by atoms with Crippen LogP contribution in [0.3, 0.4) is 0 Å². The second-order valence-electron chi connectivity index (χ2n) is 8.24. The van der Waals surface area contributed by atoms with E-state index in [9.17, 15) is 33.4 Å². The summed E-state index contributed by atoms with van der Waals surface area (Å²) in [7, 11) is 0. The minimum absolute atomic E-state index is 0.0990. The van der Waals surface area contributed by atoms with Gasteiger partial charge < -0.3 is 4.57 Å². The number of fused-ring (bicyclic) bond motifs is 1. The topological polar surface area (TPSA) is 91.2 Å². The first-order chi connectivity index (χ1) is 17.6. The molecule has 0 fully saturated rings. The number of nitro benzene ring substituents is 2. The molecular formula is C27H16F3N3O4. The van der Waals surface area contributed by atoms with E-state index in [1.807, 2.05) is 0 Å². The molecule has 0 unspecified atom stereocenters. The van der Waals surface area contributed by atoms with Crippen molar-refractivity contribution in [2.24, 2.45) is 0 Å². The molecule has 1 heterocycles. The zero-order valence-electron chi connectivity index (χ0n) is 18.8. The predicted molar refractivity (Wildman–Crippen MR) is 132 cm³/mol. The summed E-state index contributed by atoms with van der Waals surface area (Å²) >= 11 is 0. The SMILES string of the molecule is O=[N+]([O-])c1ccccc1-c1ccc2c(c1)cc(-c1ccccc1[N+](=O)[O-])n2-c1cccc(C(F)(F)F)c1. The van der Waals surface area contributed by atoms with Crippen molar-refractivity contribution in [3.63, 3.8) is 0 Å². The highest BCUT2D eigenvalue weighted by molar-refractivity contribution is 5.94. The van der Waals surface area contributed by atoms with Gasteiger partial charge in [0.05, 0.1) is 37.7 Å². The lowest BCUT2D eigenvalue weighted by Gasteiger charge is -2.14. The molecule has 0 aliphatic rings. The molecule has 5 aromatic rings. The second-order valence-corrected chi connectivity index (χ2v) is 8.24. The molecule has 184 valence electrons. The maximum absolute atomic E-state index is 13.5. The molecule has 0 saturated carbocycles. The number of nitro groups is 2. The number of para-hydroxylation sites is 2. The number of halogens is 3. The molecule has 0 radical (unpaired) electrons. The summed E-state index contributed by atoms with van der Waals surface area (Å²) in [6.45, 7) is 0. The van der Waals surface area contributed by atoms with E-state index in [2.05, 4.69) is 0 Å². The van der Waals surface area contributed by atoms with Crippen molar-refractivity contribution < 1.29 is 23.0 Å². The number of alkyl halides is 3. The molecule has 10 heteroatoms. The Kier molecular flexibility index (Phi) is 5.71. The highest BCUT2D eigenvalue weighted by Crippen LogP contribution is 2.40. The molecule has 5 rings (SSSR count). The van der Waals surface area contributed by atoms with Gasteiger partial charge in [-0.2, -0.15) is 13.2 Å². The molecule has 4 aromatic carbocycles. The molecule has 0 spiro atoms. The van der Waals surface area contributed by atoms with Crippen LogP contribution in [-0.4, -0.2) is 14.4 Å². The Bertz CT molecular complexity index is 1690. The van der Waals surface area contributed by atoms with Gasteiger partial charge in [-0.25, -0.2) is 0 Å². The first-order valence-electron chi connectivity index (χ1n) is 11.0. The standard InChI is InChI=1S/C27H16F3N3O4/c28-27(29,30)19-6-5-7-20(16-19)31-23-13-12-17(21-8-1-3-10-24(21)32(34)35)14-18(23)15-26(31)22-9-2-4-11-25(22)33(36)37/h1-16H. The summed E-state index contributed by atoms with van der Waals surface area (Å²) in [6.07, 6.45) is -4.59. The fourth-order valence-electron chi connectivity index (χ4n) is 4.41. The fraction of sp³-hybridized carbons (Fsp3) is 0.0370. The minimum Gasteiger partial charge on any atom is -0.309 e. The smallest absolute Gasteiger partial charge is 0.309 e. The highest BCUT2D eigenvalue weighted by atomic mass is 19.4. The van der Waals surface area contributed by atoms with E-state index in [0.29, 0.717) is 27.7 Å². The quantitative estimate of drug-likeness (QED) is 0.181. The van der Waals surface area contributed by atoms with Crippen LogP contribution in [0.25, 0.3) is 39.0 Å². The third-order valence-electron chi connectivity index (χ3n) is 6.02. The molecule has 7 nitrogen and oxygen atoms in total. The molecule has 0 N–H and O–H groups in total. The Balaban J connectivity index is 1.81. The second kappa shape index (κ2) is 8.90. The monoisotopic (exact) mass is 503 g/mol. The average Bonchev–Trinajstić information content (AvgIpc) is 3.27. The number of hydrogen-bond donors (Lipinski definition) is 0. The Labute approximate surface area is 207 Å². The van der Waals surface area contributed by atoms with Crippen LogP contribution in [0.15, 0.2) is 97.1 Å². The number of benzene rings is 4. The number of hydrogen-bond acceptors (Lipinski definition) is 4. The predicted octanol–water partition coefficient (Wildman–Crippen LogP) is 7.80. The maximum Gasteiger partial charge on any atom is 0.416 e. The van der Waals surface area contributed by atoms with Gasteiger partial charge in [-0.05, 0) is 54.1 Å². The molecule has 0 aliphatic carbocycles. The summed E-state index contributed by atoms with van der Waals surface area (Å²) in [4.78, 5) is 22.3. The van der Waals surface area contributed by atoms with Gasteiger partial charge in [-0.15, -0.1) is 0 Å². The van der Waals surface area contributed by atoms with E-state index < -0.39 is 21.6 Å². The van der Waals surface area contributed by atoms with Crippen LogP contribution in [0.5, 0.6) is 0 Å². The first kappa shape index (κ1) is 23.7. The zero-order chi connectivity index (χ0) is 26.3. The van der Waals surface area contributed by atoms with Crippen LogP contribution in [0, 0.1) is 20.2 Å². The van der Waals surface area contributed by atoms with Crippen molar-refractivity contribution in [1.82, 2.24) is 4.57 Å². The maximum atomic E-state index is 13.5. The Hall–Kier alpha value is -4.99. The Morgan fingerprint density at radius 3 is 1.95 bits per heavy atom. The van der Waals surface area contributed by atoms with Crippen LogP contribution in [0.2, 0.25) is 0 Å². The normalized spacial score (nSPS) is 11.5. The number of rotatable bonds is 5. The summed E-state index contributed by atoms with van der Waals surface area (Å²) in [5.41, 5.74) is 0.886. The van der Waals surface area contributed by atoms with Crippen LogP contribution < -0.4 is 0 Å². The molecule has 0 bridgehead atoms. The molecular weight excluding hydrogens is 487 g/mol. The van der Waals surface area contributed by atoms with Crippen molar-refractivity contribution in [2.45, 2.75) is 6.18 Å². The molecule has 1 aromatic heterocycles. The van der Waals surface area contributed by atoms with Crippen molar-refractivity contribution in [2.75, 3.05) is 0 Å². The summed E-state index contributed by atoms with van der Waals surface area (Å²) in [5, 5.41) is 23.9. The van der Waals surface area contributed by atoms with Crippen LogP contribution in [0.1, 0.15) is 5.56 Å². The van der Waals surface area contributed by atoms with Crippen molar-refractivity contribution >= 4 is 22.3 Å². The van der Waals surface area contributed by atoms with E-state index in [1.165, 1.54) is 41.0 Å². The highest BCUT2D eigenvalue weighted by Gasteiger charge is 2.31. The van der Waals surface area contributed by atoms with E-state index in [0.717, 1.165) is 12.1 Å². The van der Waals surface area contributed by atoms with Crippen LogP contribution >= 0.6 is 0 Å². The van der Waals surface area contributed by atoms with E-state index in [1.54, 1.807) is 48.5 Å². The molecule has 0 saturated heterocycles. The Morgan fingerprint density at radius 1 is 0.676 bits per heavy atom. The lowest BCUT2D eigenvalue weighted by molar-refractivity contribution is -0.384. The lowest BCUT2D eigenvalue weighted by atomic mass is 10.0. The zero-order valence-corrected chi connectivity index (χ0v) is 18.8. The van der Waals surface area contributed by atoms with Gasteiger partial charge in [0.2, 0.25) is 0 Å². The number of nitrogens with zero attached hydrogens (tertiary/aromatic N) is 3. The molecule has 0 atom stereocenters. The van der Waals surface area contributed by atoms with Crippen molar-refractivity contribution in [1.29, 1.82) is 0 Å². The summed E-state index contributed by atoms with van der Waals surface area (Å²) in [5.74, 6) is 0. The number of aromatic nitrogens is 1. The lowest BCUT2D eigenvalue weighted by Crippen LogP contribution is -2.06. The minimum atomic E-state index is -4.59. The first-order valence-corrected chi connectivity index (χ1v) is 11.0. The molecule has 0 aliphatic heterocycles. The molecule has 0 amide bonds. The third-order valence-corrected chi connectivity index (χ3v) is 6.02. The van der Waals surface area contributed by atoms with Gasteiger partial charge in [0.25, 0.3) is 11.4 Å². The van der Waals surface area contributed by atoms with Gasteiger partial charge in [0.1, 0.15) is 0 Å². The van der Waals surface area contributed by atoms with Gasteiger partial charge in [0, 0.05) is 23.2 Å². The largest absolute Gasteiger partial charge is 0.416 e. The fourth-order valence-corrected chi connectivity index (χ4v) is 4.41. The van der Waals surface area contributed by atoms with Crippen LogP contribution in [-0.2, 0) is 6.18 Å². The van der Waals surface area contributed by atoms with Gasteiger partial charge in [0.15, 0.2) is 0 Å². The van der Waals surface area contributed by atoms with Crippen LogP contribution in [0.4, 0.5) is 24.5 Å². The Morgan fingerprint density at radius 2 is 1.30 bits per heavy atom. The van der Waals surface area contributed by atoms with E-state index in [4.69, 9.17) is 0 Å². The average molecular weight is 503 g/mol. The summed E-state index contributed by atoms with van der Waals surface area (Å²) < 4.78 is 42.0. The summed E-state index contributed by atoms with van der Waals surface area (Å²) in [6, 6.07) is 23.4.